The molecule has 0 saturated carbocycles. The van der Waals surface area contributed by atoms with Gasteiger partial charge in [-0.3, -0.25) is 9.80 Å². The normalized spacial score (nSPS) is 32.7. The Morgan fingerprint density at radius 1 is 1.10 bits per heavy atom. The first-order valence-corrected chi connectivity index (χ1v) is 11.9. The van der Waals surface area contributed by atoms with E-state index in [2.05, 4.69) is 26.5 Å². The fraction of sp³-hybridized carbons (Fsp3) is 0.700. The van der Waals surface area contributed by atoms with Crippen LogP contribution in [-0.4, -0.2) is 106 Å². The van der Waals surface area contributed by atoms with Crippen LogP contribution in [0, 0.1) is 0 Å². The van der Waals surface area contributed by atoms with E-state index < -0.39 is 16.1 Å². The average molecular weight is 425 g/mol. The number of sulfonamides is 1. The Kier molecular flexibility index (Phi) is 6.15. The quantitative estimate of drug-likeness (QED) is 0.646. The fourth-order valence-electron chi connectivity index (χ4n) is 4.73. The highest BCUT2D eigenvalue weighted by molar-refractivity contribution is 7.89. The van der Waals surface area contributed by atoms with Crippen molar-refractivity contribution in [3.8, 4) is 5.75 Å². The Bertz CT molecular complexity index is 812. The third-order valence-corrected chi connectivity index (χ3v) is 7.92. The third-order valence-electron chi connectivity index (χ3n) is 6.46. The SMILES string of the molecule is CN1CCC(N2C[C@@H]3Oc4ccccc4S(=O)(=O)NC[C@H](O)CN(C)[C@@H]3C2)CC1. The lowest BCUT2D eigenvalue weighted by atomic mass is 10.0. The number of nitrogens with zero attached hydrogens (tertiary/aromatic N) is 3. The van der Waals surface area contributed by atoms with Gasteiger partial charge in [-0.25, -0.2) is 13.1 Å². The van der Waals surface area contributed by atoms with Crippen LogP contribution < -0.4 is 9.46 Å². The molecule has 162 valence electrons. The summed E-state index contributed by atoms with van der Waals surface area (Å²) < 4.78 is 34.4. The molecule has 3 atom stereocenters. The van der Waals surface area contributed by atoms with Crippen LogP contribution in [0.1, 0.15) is 12.8 Å². The molecule has 1 aromatic carbocycles. The highest BCUT2D eigenvalue weighted by Crippen LogP contribution is 2.30. The number of benzene rings is 1. The molecule has 3 aliphatic rings. The van der Waals surface area contributed by atoms with Gasteiger partial charge in [-0.15, -0.1) is 0 Å². The summed E-state index contributed by atoms with van der Waals surface area (Å²) >= 11 is 0. The highest BCUT2D eigenvalue weighted by atomic mass is 32.2. The van der Waals surface area contributed by atoms with Gasteiger partial charge in [0, 0.05) is 32.2 Å². The topological polar surface area (TPSA) is 85.3 Å². The molecule has 4 rings (SSSR count). The number of ether oxygens (including phenoxy) is 1. The summed E-state index contributed by atoms with van der Waals surface area (Å²) in [5, 5.41) is 10.4. The average Bonchev–Trinajstić information content (AvgIpc) is 3.10. The number of hydrogen-bond donors (Lipinski definition) is 2. The Hall–Kier alpha value is -1.23. The van der Waals surface area contributed by atoms with Gasteiger partial charge in [0.2, 0.25) is 10.0 Å². The van der Waals surface area contributed by atoms with Crippen LogP contribution in [0.25, 0.3) is 0 Å². The zero-order chi connectivity index (χ0) is 20.6. The van der Waals surface area contributed by atoms with E-state index in [1.807, 2.05) is 7.05 Å². The van der Waals surface area contributed by atoms with Crippen LogP contribution >= 0.6 is 0 Å². The van der Waals surface area contributed by atoms with Gasteiger partial charge in [0.15, 0.2) is 0 Å². The third kappa shape index (κ3) is 4.60. The van der Waals surface area contributed by atoms with Crippen LogP contribution in [0.15, 0.2) is 29.2 Å². The van der Waals surface area contributed by atoms with Gasteiger partial charge >= 0.3 is 0 Å². The first-order chi connectivity index (χ1) is 13.8. The molecule has 3 aliphatic heterocycles. The molecule has 8 nitrogen and oxygen atoms in total. The van der Waals surface area contributed by atoms with Crippen LogP contribution in [-0.2, 0) is 10.0 Å². The van der Waals surface area contributed by atoms with Gasteiger partial charge in [-0.1, -0.05) is 12.1 Å². The largest absolute Gasteiger partial charge is 0.486 e. The van der Waals surface area contributed by atoms with E-state index >= 15 is 0 Å². The molecule has 3 heterocycles. The van der Waals surface area contributed by atoms with Crippen molar-refractivity contribution in [2.45, 2.75) is 42.0 Å². The highest BCUT2D eigenvalue weighted by Gasteiger charge is 2.41. The maximum Gasteiger partial charge on any atom is 0.244 e. The van der Waals surface area contributed by atoms with E-state index in [-0.39, 0.29) is 23.6 Å². The summed E-state index contributed by atoms with van der Waals surface area (Å²) in [4.78, 5) is 7.10. The van der Waals surface area contributed by atoms with Crippen molar-refractivity contribution >= 4 is 10.0 Å². The van der Waals surface area contributed by atoms with Crippen molar-refractivity contribution < 1.29 is 18.3 Å². The molecule has 0 amide bonds. The molecule has 0 bridgehead atoms. The smallest absolute Gasteiger partial charge is 0.244 e. The predicted molar refractivity (Wildman–Crippen MR) is 111 cm³/mol. The molecular weight excluding hydrogens is 392 g/mol. The van der Waals surface area contributed by atoms with Crippen molar-refractivity contribution in [2.75, 3.05) is 53.4 Å². The number of para-hydroxylation sites is 1. The summed E-state index contributed by atoms with van der Waals surface area (Å²) in [7, 11) is 0.398. The number of hydrogen-bond acceptors (Lipinski definition) is 7. The maximum absolute atomic E-state index is 12.8. The van der Waals surface area contributed by atoms with Crippen molar-refractivity contribution in [3.63, 3.8) is 0 Å². The Balaban J connectivity index is 1.62. The number of β-amino-alcohol motifs (C(OH)–C–C–N with tert-alkyl or cyclic N) is 1. The van der Waals surface area contributed by atoms with Crippen LogP contribution in [0.3, 0.4) is 0 Å². The number of likely N-dealkylation sites (N-methyl/N-ethyl adjacent to an activating group) is 1. The minimum absolute atomic E-state index is 0.0168. The van der Waals surface area contributed by atoms with Gasteiger partial charge in [0.25, 0.3) is 0 Å². The van der Waals surface area contributed by atoms with Crippen LogP contribution in [0.2, 0.25) is 0 Å². The molecule has 1 aromatic rings. The van der Waals surface area contributed by atoms with Crippen LogP contribution in [0.5, 0.6) is 5.75 Å². The number of likely N-dealkylation sites (tertiary alicyclic amines) is 2. The lowest BCUT2D eigenvalue weighted by Crippen LogP contribution is -2.48. The number of nitrogens with one attached hydrogen (secondary N) is 1. The van der Waals surface area contributed by atoms with Crippen LogP contribution in [0.4, 0.5) is 0 Å². The second kappa shape index (κ2) is 8.49. The molecule has 2 fully saturated rings. The van der Waals surface area contributed by atoms with E-state index in [1.54, 1.807) is 24.3 Å². The number of rotatable bonds is 1. The number of aliphatic hydroxyl groups excluding tert-OH is 1. The van der Waals surface area contributed by atoms with Gasteiger partial charge in [0.1, 0.15) is 16.7 Å². The van der Waals surface area contributed by atoms with Gasteiger partial charge in [0.05, 0.1) is 12.1 Å². The Labute approximate surface area is 173 Å². The standard InChI is InChI=1S/C20H32N4O4S/c1-22-9-7-15(8-10-22)24-13-17-19(14-24)28-18-5-3-4-6-20(18)29(26,27)21-11-16(25)12-23(17)2/h3-6,15-17,19,21,25H,7-14H2,1-2H3/t16-,17+,19-/m0/s1. The summed E-state index contributed by atoms with van der Waals surface area (Å²) in [5.41, 5.74) is 0. The first-order valence-electron chi connectivity index (χ1n) is 10.4. The lowest BCUT2D eigenvalue weighted by Gasteiger charge is -2.35. The molecule has 0 aromatic heterocycles. The molecule has 29 heavy (non-hydrogen) atoms. The fourth-order valence-corrected chi connectivity index (χ4v) is 5.94. The zero-order valence-corrected chi connectivity index (χ0v) is 18.0. The predicted octanol–water partition coefficient (Wildman–Crippen LogP) is -0.203. The molecule has 2 N–H and O–H groups in total. The summed E-state index contributed by atoms with van der Waals surface area (Å²) in [6.45, 7) is 4.20. The number of aliphatic hydroxyl groups is 1. The maximum atomic E-state index is 12.8. The second-order valence-corrected chi connectivity index (χ2v) is 10.3. The minimum Gasteiger partial charge on any atom is -0.486 e. The monoisotopic (exact) mass is 424 g/mol. The molecule has 0 unspecified atom stereocenters. The van der Waals surface area contributed by atoms with E-state index in [9.17, 15) is 13.5 Å². The van der Waals surface area contributed by atoms with Gasteiger partial charge < -0.3 is 14.7 Å². The van der Waals surface area contributed by atoms with Crippen molar-refractivity contribution in [1.82, 2.24) is 19.4 Å². The Morgan fingerprint density at radius 3 is 2.59 bits per heavy atom. The van der Waals surface area contributed by atoms with Gasteiger partial charge in [-0.05, 0) is 52.2 Å². The molecule has 9 heteroatoms. The van der Waals surface area contributed by atoms with Crippen molar-refractivity contribution in [2.24, 2.45) is 0 Å². The summed E-state index contributed by atoms with van der Waals surface area (Å²) in [6, 6.07) is 7.39. The lowest BCUT2D eigenvalue weighted by molar-refractivity contribution is 0.0712. The zero-order valence-electron chi connectivity index (χ0n) is 17.2. The summed E-state index contributed by atoms with van der Waals surface area (Å²) in [6.07, 6.45) is 1.34. The Morgan fingerprint density at radius 2 is 1.83 bits per heavy atom. The second-order valence-electron chi connectivity index (χ2n) is 8.60. The van der Waals surface area contributed by atoms with E-state index in [0.717, 1.165) is 39.0 Å². The number of piperidine rings is 1. The summed E-state index contributed by atoms with van der Waals surface area (Å²) in [5.74, 6) is 0.380. The molecule has 0 aliphatic carbocycles. The molecular formula is C20H32N4O4S. The van der Waals surface area contributed by atoms with E-state index in [0.29, 0.717) is 18.3 Å². The first kappa shape index (κ1) is 21.0. The van der Waals surface area contributed by atoms with E-state index in [1.165, 1.54) is 0 Å². The minimum atomic E-state index is -3.75. The molecule has 2 saturated heterocycles. The van der Waals surface area contributed by atoms with E-state index in [4.69, 9.17) is 4.74 Å². The molecule has 0 radical (unpaired) electrons. The number of fused-ring (bicyclic) bond motifs is 2. The molecule has 0 spiro atoms. The van der Waals surface area contributed by atoms with Crippen molar-refractivity contribution in [3.05, 3.63) is 24.3 Å². The van der Waals surface area contributed by atoms with Crippen molar-refractivity contribution in [1.29, 1.82) is 0 Å². The van der Waals surface area contributed by atoms with Gasteiger partial charge in [-0.2, -0.15) is 0 Å².